The van der Waals surface area contributed by atoms with Crippen LogP contribution in [0.2, 0.25) is 0 Å². The second-order valence-corrected chi connectivity index (χ2v) is 6.49. The molecule has 24 heavy (non-hydrogen) atoms. The number of hydrogen-bond acceptors (Lipinski definition) is 3. The first-order chi connectivity index (χ1) is 11.7. The fourth-order valence-corrected chi connectivity index (χ4v) is 3.69. The molecule has 0 aliphatic carbocycles. The number of aromatic nitrogens is 3. The SMILES string of the molecule is CC(c1ccccc1F)N1CCC(c2nnc3ccccn23)CC1. The lowest BCUT2D eigenvalue weighted by Gasteiger charge is -2.35. The summed E-state index contributed by atoms with van der Waals surface area (Å²) in [5.41, 5.74) is 1.68. The van der Waals surface area contributed by atoms with Gasteiger partial charge in [0, 0.05) is 23.7 Å². The molecule has 2 aromatic heterocycles. The summed E-state index contributed by atoms with van der Waals surface area (Å²) in [6, 6.07) is 13.1. The van der Waals surface area contributed by atoms with Crippen molar-refractivity contribution in [3.63, 3.8) is 0 Å². The van der Waals surface area contributed by atoms with Crippen LogP contribution in [0.15, 0.2) is 48.7 Å². The largest absolute Gasteiger partial charge is 0.296 e. The number of rotatable bonds is 3. The third-order valence-corrected chi connectivity index (χ3v) is 5.14. The van der Waals surface area contributed by atoms with Gasteiger partial charge in [-0.3, -0.25) is 9.30 Å². The van der Waals surface area contributed by atoms with E-state index in [0.29, 0.717) is 5.92 Å². The quantitative estimate of drug-likeness (QED) is 0.734. The van der Waals surface area contributed by atoms with E-state index in [1.807, 2.05) is 36.5 Å². The second kappa shape index (κ2) is 6.32. The molecule has 0 radical (unpaired) electrons. The minimum Gasteiger partial charge on any atom is -0.296 e. The molecule has 124 valence electrons. The molecular weight excluding hydrogens is 303 g/mol. The summed E-state index contributed by atoms with van der Waals surface area (Å²) >= 11 is 0. The van der Waals surface area contributed by atoms with E-state index in [1.165, 1.54) is 0 Å². The maximum Gasteiger partial charge on any atom is 0.160 e. The average Bonchev–Trinajstić information content (AvgIpc) is 3.06. The molecule has 0 saturated carbocycles. The highest BCUT2D eigenvalue weighted by molar-refractivity contribution is 5.37. The Labute approximate surface area is 140 Å². The van der Waals surface area contributed by atoms with Crippen molar-refractivity contribution in [3.05, 3.63) is 65.9 Å². The van der Waals surface area contributed by atoms with Crippen molar-refractivity contribution in [2.24, 2.45) is 0 Å². The molecule has 0 N–H and O–H groups in total. The Morgan fingerprint density at radius 2 is 1.79 bits per heavy atom. The number of nitrogens with zero attached hydrogens (tertiary/aromatic N) is 4. The summed E-state index contributed by atoms with van der Waals surface area (Å²) in [7, 11) is 0. The second-order valence-electron chi connectivity index (χ2n) is 6.49. The minimum absolute atomic E-state index is 0.0993. The number of pyridine rings is 1. The lowest BCUT2D eigenvalue weighted by Crippen LogP contribution is -2.35. The van der Waals surface area contributed by atoms with E-state index in [0.717, 1.165) is 43.0 Å². The summed E-state index contributed by atoms with van der Waals surface area (Å²) in [4.78, 5) is 2.36. The van der Waals surface area contributed by atoms with Crippen molar-refractivity contribution in [3.8, 4) is 0 Å². The van der Waals surface area contributed by atoms with Crippen LogP contribution in [0.5, 0.6) is 0 Å². The van der Waals surface area contributed by atoms with Gasteiger partial charge in [0.25, 0.3) is 0 Å². The Kier molecular flexibility index (Phi) is 4.02. The van der Waals surface area contributed by atoms with Crippen molar-refractivity contribution in [1.29, 1.82) is 0 Å². The first-order valence-electron chi connectivity index (χ1n) is 8.52. The van der Waals surface area contributed by atoms with Gasteiger partial charge in [-0.25, -0.2) is 4.39 Å². The topological polar surface area (TPSA) is 33.4 Å². The van der Waals surface area contributed by atoms with Gasteiger partial charge < -0.3 is 0 Å². The summed E-state index contributed by atoms with van der Waals surface area (Å²) in [6.07, 6.45) is 4.07. The van der Waals surface area contributed by atoms with Gasteiger partial charge in [0.05, 0.1) is 0 Å². The standard InChI is InChI=1S/C19H21FN4/c1-14(16-6-2-3-7-17(16)20)23-12-9-15(10-13-23)19-22-21-18-8-4-5-11-24(18)19/h2-8,11,14-15H,9-10,12-13H2,1H3. The molecule has 4 rings (SSSR count). The van der Waals surface area contributed by atoms with Crippen LogP contribution in [0.1, 0.15) is 43.1 Å². The van der Waals surface area contributed by atoms with Crippen LogP contribution in [-0.2, 0) is 0 Å². The molecule has 1 aliphatic heterocycles. The van der Waals surface area contributed by atoms with Crippen molar-refractivity contribution in [2.45, 2.75) is 31.7 Å². The smallest absolute Gasteiger partial charge is 0.160 e. The molecule has 0 bridgehead atoms. The summed E-state index contributed by atoms with van der Waals surface area (Å²) in [6.45, 7) is 3.98. The third-order valence-electron chi connectivity index (χ3n) is 5.14. The van der Waals surface area contributed by atoms with E-state index in [2.05, 4.69) is 26.4 Å². The van der Waals surface area contributed by atoms with Crippen LogP contribution in [-0.4, -0.2) is 32.6 Å². The van der Waals surface area contributed by atoms with E-state index in [4.69, 9.17) is 0 Å². The van der Waals surface area contributed by atoms with E-state index in [9.17, 15) is 4.39 Å². The summed E-state index contributed by atoms with van der Waals surface area (Å²) in [5.74, 6) is 1.34. The number of piperidine rings is 1. The van der Waals surface area contributed by atoms with Gasteiger partial charge in [0.15, 0.2) is 5.65 Å². The fraction of sp³-hybridized carbons (Fsp3) is 0.368. The van der Waals surface area contributed by atoms with Crippen LogP contribution in [0.4, 0.5) is 4.39 Å². The summed E-state index contributed by atoms with van der Waals surface area (Å²) in [5, 5.41) is 8.65. The predicted octanol–water partition coefficient (Wildman–Crippen LogP) is 3.81. The molecule has 4 nitrogen and oxygen atoms in total. The maximum absolute atomic E-state index is 14.0. The first-order valence-corrected chi connectivity index (χ1v) is 8.52. The molecule has 1 fully saturated rings. The zero-order valence-corrected chi connectivity index (χ0v) is 13.8. The number of likely N-dealkylation sites (tertiary alicyclic amines) is 1. The first kappa shape index (κ1) is 15.3. The Bertz CT molecular complexity index is 836. The summed E-state index contributed by atoms with van der Waals surface area (Å²) < 4.78 is 16.1. The van der Waals surface area contributed by atoms with Gasteiger partial charge in [-0.2, -0.15) is 0 Å². The van der Waals surface area contributed by atoms with Crippen molar-refractivity contribution < 1.29 is 4.39 Å². The lowest BCUT2D eigenvalue weighted by atomic mass is 9.94. The average molecular weight is 324 g/mol. The fourth-order valence-electron chi connectivity index (χ4n) is 3.69. The van der Waals surface area contributed by atoms with Crippen LogP contribution < -0.4 is 0 Å². The number of halogens is 1. The Balaban J connectivity index is 1.48. The molecule has 1 aliphatic rings. The number of fused-ring (bicyclic) bond motifs is 1. The molecule has 3 heterocycles. The van der Waals surface area contributed by atoms with Gasteiger partial charge in [-0.05, 0) is 51.1 Å². The van der Waals surface area contributed by atoms with E-state index < -0.39 is 0 Å². The zero-order valence-electron chi connectivity index (χ0n) is 13.8. The molecule has 3 aromatic rings. The predicted molar refractivity (Wildman–Crippen MR) is 91.4 cm³/mol. The van der Waals surface area contributed by atoms with Crippen LogP contribution in [0.25, 0.3) is 5.65 Å². The van der Waals surface area contributed by atoms with Crippen molar-refractivity contribution >= 4 is 5.65 Å². The van der Waals surface area contributed by atoms with E-state index in [1.54, 1.807) is 12.1 Å². The number of benzene rings is 1. The van der Waals surface area contributed by atoms with Gasteiger partial charge in [-0.1, -0.05) is 24.3 Å². The monoisotopic (exact) mass is 324 g/mol. The molecular formula is C19H21FN4. The number of hydrogen-bond donors (Lipinski definition) is 0. The van der Waals surface area contributed by atoms with Crippen LogP contribution in [0.3, 0.4) is 0 Å². The van der Waals surface area contributed by atoms with Crippen molar-refractivity contribution in [2.75, 3.05) is 13.1 Å². The van der Waals surface area contributed by atoms with E-state index in [-0.39, 0.29) is 11.9 Å². The van der Waals surface area contributed by atoms with Crippen LogP contribution >= 0.6 is 0 Å². The van der Waals surface area contributed by atoms with Gasteiger partial charge >= 0.3 is 0 Å². The Hall–Kier alpha value is -2.27. The lowest BCUT2D eigenvalue weighted by molar-refractivity contribution is 0.157. The molecule has 1 atom stereocenters. The van der Waals surface area contributed by atoms with Crippen LogP contribution in [0, 0.1) is 5.82 Å². The molecule has 0 spiro atoms. The Morgan fingerprint density at radius 3 is 2.58 bits per heavy atom. The van der Waals surface area contributed by atoms with Gasteiger partial charge in [0.2, 0.25) is 0 Å². The molecule has 0 amide bonds. The van der Waals surface area contributed by atoms with Gasteiger partial charge in [0.1, 0.15) is 11.6 Å². The van der Waals surface area contributed by atoms with Crippen molar-refractivity contribution in [1.82, 2.24) is 19.5 Å². The normalized spacial score (nSPS) is 18.1. The molecule has 1 saturated heterocycles. The maximum atomic E-state index is 14.0. The van der Waals surface area contributed by atoms with E-state index >= 15 is 0 Å². The highest BCUT2D eigenvalue weighted by atomic mass is 19.1. The zero-order chi connectivity index (χ0) is 16.5. The third kappa shape index (κ3) is 2.69. The highest BCUT2D eigenvalue weighted by Crippen LogP contribution is 2.32. The highest BCUT2D eigenvalue weighted by Gasteiger charge is 2.28. The molecule has 5 heteroatoms. The van der Waals surface area contributed by atoms with Gasteiger partial charge in [-0.15, -0.1) is 10.2 Å². The Morgan fingerprint density at radius 1 is 1.04 bits per heavy atom. The minimum atomic E-state index is -0.115. The molecule has 1 aromatic carbocycles. The molecule has 1 unspecified atom stereocenters.